The van der Waals surface area contributed by atoms with Gasteiger partial charge in [-0.15, -0.1) is 0 Å². The molecule has 0 spiro atoms. The number of aliphatic hydroxyl groups is 1. The average molecular weight is 304 g/mol. The van der Waals surface area contributed by atoms with Crippen molar-refractivity contribution in [2.45, 2.75) is 32.7 Å². The number of hydrogen-bond donors (Lipinski definition) is 2. The standard InChI is InChI=1S/C17H24N2O3/c1-12(2)18-16(21)14-3-5-15(6-4-14)17(22)19-9-7-13(11-20)8-10-19/h3-6,12-13,20H,7-11H2,1-2H3,(H,18,21). The lowest BCUT2D eigenvalue weighted by Crippen LogP contribution is -2.39. The second-order valence-electron chi connectivity index (χ2n) is 6.12. The molecule has 0 atom stereocenters. The number of rotatable bonds is 4. The first-order valence-corrected chi connectivity index (χ1v) is 7.82. The van der Waals surface area contributed by atoms with Gasteiger partial charge in [-0.25, -0.2) is 0 Å². The highest BCUT2D eigenvalue weighted by atomic mass is 16.3. The highest BCUT2D eigenvalue weighted by Gasteiger charge is 2.23. The van der Waals surface area contributed by atoms with Crippen molar-refractivity contribution in [2.24, 2.45) is 5.92 Å². The van der Waals surface area contributed by atoms with E-state index in [1.165, 1.54) is 0 Å². The summed E-state index contributed by atoms with van der Waals surface area (Å²) >= 11 is 0. The Kier molecular flexibility index (Phi) is 5.55. The lowest BCUT2D eigenvalue weighted by molar-refractivity contribution is 0.0650. The number of carbonyl (C=O) groups excluding carboxylic acids is 2. The van der Waals surface area contributed by atoms with Gasteiger partial charge in [0.15, 0.2) is 0 Å². The molecule has 1 aliphatic rings. The summed E-state index contributed by atoms with van der Waals surface area (Å²) in [6.45, 7) is 5.37. The molecule has 1 aromatic rings. The van der Waals surface area contributed by atoms with Crippen LogP contribution in [-0.4, -0.2) is 47.6 Å². The van der Waals surface area contributed by atoms with Crippen molar-refractivity contribution in [1.29, 1.82) is 0 Å². The summed E-state index contributed by atoms with van der Waals surface area (Å²) in [4.78, 5) is 26.1. The Morgan fingerprint density at radius 1 is 1.18 bits per heavy atom. The van der Waals surface area contributed by atoms with Gasteiger partial charge in [0.05, 0.1) is 0 Å². The van der Waals surface area contributed by atoms with Crippen LogP contribution in [0.25, 0.3) is 0 Å². The van der Waals surface area contributed by atoms with Gasteiger partial charge in [-0.3, -0.25) is 9.59 Å². The van der Waals surface area contributed by atoms with Gasteiger partial charge in [0.25, 0.3) is 11.8 Å². The van der Waals surface area contributed by atoms with E-state index in [9.17, 15) is 9.59 Å². The molecule has 5 heteroatoms. The zero-order chi connectivity index (χ0) is 16.1. The number of hydrogen-bond acceptors (Lipinski definition) is 3. The van der Waals surface area contributed by atoms with Gasteiger partial charge in [-0.2, -0.15) is 0 Å². The molecule has 2 rings (SSSR count). The van der Waals surface area contributed by atoms with Crippen molar-refractivity contribution < 1.29 is 14.7 Å². The number of piperidine rings is 1. The van der Waals surface area contributed by atoms with E-state index in [1.54, 1.807) is 24.3 Å². The second-order valence-corrected chi connectivity index (χ2v) is 6.12. The maximum absolute atomic E-state index is 12.4. The molecule has 2 N–H and O–H groups in total. The highest BCUT2D eigenvalue weighted by molar-refractivity contribution is 5.97. The van der Waals surface area contributed by atoms with Crippen LogP contribution in [-0.2, 0) is 0 Å². The zero-order valence-electron chi connectivity index (χ0n) is 13.2. The summed E-state index contributed by atoms with van der Waals surface area (Å²) in [7, 11) is 0. The maximum atomic E-state index is 12.4. The molecule has 0 unspecified atom stereocenters. The fourth-order valence-electron chi connectivity index (χ4n) is 2.61. The Hall–Kier alpha value is -1.88. The number of likely N-dealkylation sites (tertiary alicyclic amines) is 1. The first-order chi connectivity index (χ1) is 10.5. The molecule has 1 heterocycles. The lowest BCUT2D eigenvalue weighted by atomic mass is 9.97. The third-order valence-electron chi connectivity index (χ3n) is 3.97. The molecule has 2 amide bonds. The summed E-state index contributed by atoms with van der Waals surface area (Å²) < 4.78 is 0. The van der Waals surface area contributed by atoms with Crippen LogP contribution < -0.4 is 5.32 Å². The SMILES string of the molecule is CC(C)NC(=O)c1ccc(C(=O)N2CCC(CO)CC2)cc1. The quantitative estimate of drug-likeness (QED) is 0.889. The summed E-state index contributed by atoms with van der Waals surface area (Å²) in [6.07, 6.45) is 1.69. The Bertz CT molecular complexity index is 517. The minimum atomic E-state index is -0.127. The molecule has 0 bridgehead atoms. The Labute approximate surface area is 131 Å². The van der Waals surface area contributed by atoms with Gasteiger partial charge < -0.3 is 15.3 Å². The van der Waals surface area contributed by atoms with Crippen LogP contribution in [0.5, 0.6) is 0 Å². The van der Waals surface area contributed by atoms with Gasteiger partial charge in [0, 0.05) is 36.9 Å². The van der Waals surface area contributed by atoms with Crippen molar-refractivity contribution >= 4 is 11.8 Å². The Morgan fingerprint density at radius 2 is 1.73 bits per heavy atom. The Balaban J connectivity index is 1.98. The van der Waals surface area contributed by atoms with E-state index >= 15 is 0 Å². The minimum Gasteiger partial charge on any atom is -0.396 e. The molecule has 0 aromatic heterocycles. The van der Waals surface area contributed by atoms with Crippen molar-refractivity contribution in [3.8, 4) is 0 Å². The first kappa shape index (κ1) is 16.5. The van der Waals surface area contributed by atoms with E-state index in [1.807, 2.05) is 18.7 Å². The first-order valence-electron chi connectivity index (χ1n) is 7.82. The van der Waals surface area contributed by atoms with E-state index in [-0.39, 0.29) is 24.5 Å². The molecule has 1 saturated heterocycles. The van der Waals surface area contributed by atoms with Crippen LogP contribution in [0, 0.1) is 5.92 Å². The van der Waals surface area contributed by atoms with Crippen LogP contribution in [0.3, 0.4) is 0 Å². The second kappa shape index (κ2) is 7.40. The van der Waals surface area contributed by atoms with Gasteiger partial charge in [-0.05, 0) is 56.9 Å². The monoisotopic (exact) mass is 304 g/mol. The fraction of sp³-hybridized carbons (Fsp3) is 0.529. The number of amides is 2. The summed E-state index contributed by atoms with van der Waals surface area (Å²) in [6, 6.07) is 6.86. The third-order valence-corrected chi connectivity index (χ3v) is 3.97. The molecule has 5 nitrogen and oxygen atoms in total. The predicted molar refractivity (Wildman–Crippen MR) is 84.8 cm³/mol. The van der Waals surface area contributed by atoms with Crippen LogP contribution in [0.4, 0.5) is 0 Å². The number of carbonyl (C=O) groups is 2. The normalized spacial score (nSPS) is 15.9. The summed E-state index contributed by atoms with van der Waals surface area (Å²) in [5.74, 6) is 0.177. The minimum absolute atomic E-state index is 0.00722. The molecular formula is C17H24N2O3. The maximum Gasteiger partial charge on any atom is 0.253 e. The summed E-state index contributed by atoms with van der Waals surface area (Å²) in [5, 5.41) is 12.0. The van der Waals surface area contributed by atoms with E-state index < -0.39 is 0 Å². The smallest absolute Gasteiger partial charge is 0.253 e. The average Bonchev–Trinajstić information content (AvgIpc) is 2.54. The van der Waals surface area contributed by atoms with Crippen molar-refractivity contribution in [3.05, 3.63) is 35.4 Å². The number of nitrogens with one attached hydrogen (secondary N) is 1. The number of benzene rings is 1. The number of aliphatic hydroxyl groups excluding tert-OH is 1. The molecule has 1 aromatic carbocycles. The van der Waals surface area contributed by atoms with Gasteiger partial charge in [0.1, 0.15) is 0 Å². The fourth-order valence-corrected chi connectivity index (χ4v) is 2.61. The molecule has 1 aliphatic heterocycles. The van der Waals surface area contributed by atoms with Crippen LogP contribution in [0.2, 0.25) is 0 Å². The molecule has 120 valence electrons. The van der Waals surface area contributed by atoms with E-state index in [4.69, 9.17) is 5.11 Å². The molecule has 0 aliphatic carbocycles. The Morgan fingerprint density at radius 3 is 2.23 bits per heavy atom. The highest BCUT2D eigenvalue weighted by Crippen LogP contribution is 2.18. The topological polar surface area (TPSA) is 69.6 Å². The largest absolute Gasteiger partial charge is 0.396 e. The van der Waals surface area contributed by atoms with Gasteiger partial charge in [0.2, 0.25) is 0 Å². The predicted octanol–water partition coefficient (Wildman–Crippen LogP) is 1.67. The van der Waals surface area contributed by atoms with Gasteiger partial charge in [-0.1, -0.05) is 0 Å². The lowest BCUT2D eigenvalue weighted by Gasteiger charge is -2.31. The molecule has 22 heavy (non-hydrogen) atoms. The zero-order valence-corrected chi connectivity index (χ0v) is 13.2. The van der Waals surface area contributed by atoms with Crippen LogP contribution in [0.15, 0.2) is 24.3 Å². The molecular weight excluding hydrogens is 280 g/mol. The van der Waals surface area contributed by atoms with E-state index in [0.29, 0.717) is 30.1 Å². The molecule has 1 fully saturated rings. The van der Waals surface area contributed by atoms with E-state index in [2.05, 4.69) is 5.32 Å². The molecule has 0 saturated carbocycles. The van der Waals surface area contributed by atoms with Crippen molar-refractivity contribution in [2.75, 3.05) is 19.7 Å². The number of nitrogens with zero attached hydrogens (tertiary/aromatic N) is 1. The van der Waals surface area contributed by atoms with Crippen LogP contribution in [0.1, 0.15) is 47.4 Å². The van der Waals surface area contributed by atoms with Crippen molar-refractivity contribution in [3.63, 3.8) is 0 Å². The van der Waals surface area contributed by atoms with Crippen LogP contribution >= 0.6 is 0 Å². The van der Waals surface area contributed by atoms with E-state index in [0.717, 1.165) is 12.8 Å². The van der Waals surface area contributed by atoms with Crippen molar-refractivity contribution in [1.82, 2.24) is 10.2 Å². The van der Waals surface area contributed by atoms with Gasteiger partial charge >= 0.3 is 0 Å². The summed E-state index contributed by atoms with van der Waals surface area (Å²) in [5.41, 5.74) is 1.16. The third kappa shape index (κ3) is 4.07. The molecule has 0 radical (unpaired) electrons.